The van der Waals surface area contributed by atoms with E-state index < -0.39 is 5.91 Å². The molecular weight excluding hydrogens is 452 g/mol. The summed E-state index contributed by atoms with van der Waals surface area (Å²) in [6.07, 6.45) is 4.24. The molecule has 1 aromatic carbocycles. The van der Waals surface area contributed by atoms with Crippen molar-refractivity contribution in [3.8, 4) is 10.6 Å². The average molecular weight is 481 g/mol. The first-order chi connectivity index (χ1) is 16.2. The molecule has 2 atom stereocenters. The second kappa shape index (κ2) is 8.32. The molecule has 3 amide bonds. The Bertz CT molecular complexity index is 1210. The van der Waals surface area contributed by atoms with Crippen LogP contribution in [0.15, 0.2) is 35.7 Å². The third kappa shape index (κ3) is 4.03. The van der Waals surface area contributed by atoms with Gasteiger partial charge in [0.05, 0.1) is 18.8 Å². The number of amides is 3. The fraction of sp³-hybridized carbons (Fsp3) is 0.440. The SMILES string of the molecule is C=C(CN1Cc2c(cccc2-c2nc(C(=O)NCC34CCCC(C)(C3)OC4)cs2)C1=O)C(N)=O. The van der Waals surface area contributed by atoms with Crippen LogP contribution in [0.4, 0.5) is 0 Å². The lowest BCUT2D eigenvalue weighted by Gasteiger charge is -2.35. The summed E-state index contributed by atoms with van der Waals surface area (Å²) in [5, 5.41) is 5.51. The highest BCUT2D eigenvalue weighted by Gasteiger charge is 2.49. The zero-order valence-electron chi connectivity index (χ0n) is 19.2. The van der Waals surface area contributed by atoms with E-state index in [1.807, 2.05) is 6.07 Å². The summed E-state index contributed by atoms with van der Waals surface area (Å²) in [5.41, 5.74) is 8.00. The molecule has 2 aliphatic heterocycles. The first kappa shape index (κ1) is 22.7. The van der Waals surface area contributed by atoms with E-state index in [1.54, 1.807) is 22.4 Å². The third-order valence-corrected chi connectivity index (χ3v) is 8.13. The van der Waals surface area contributed by atoms with E-state index in [2.05, 4.69) is 23.8 Å². The fourth-order valence-corrected chi connectivity index (χ4v) is 6.32. The molecule has 2 bridgehead atoms. The first-order valence-electron chi connectivity index (χ1n) is 11.5. The third-order valence-electron chi connectivity index (χ3n) is 7.25. The van der Waals surface area contributed by atoms with Crippen molar-refractivity contribution in [2.24, 2.45) is 11.1 Å². The van der Waals surface area contributed by atoms with Gasteiger partial charge in [0.1, 0.15) is 10.7 Å². The zero-order valence-corrected chi connectivity index (χ0v) is 20.0. The van der Waals surface area contributed by atoms with Crippen molar-refractivity contribution in [1.29, 1.82) is 0 Å². The second-order valence-electron chi connectivity index (χ2n) is 9.95. The van der Waals surface area contributed by atoms with Crippen molar-refractivity contribution in [3.63, 3.8) is 0 Å². The van der Waals surface area contributed by atoms with Crippen LogP contribution < -0.4 is 11.1 Å². The Kier molecular flexibility index (Phi) is 5.56. The van der Waals surface area contributed by atoms with Crippen LogP contribution >= 0.6 is 11.3 Å². The number of thiazole rings is 1. The Balaban J connectivity index is 1.30. The Morgan fingerprint density at radius 3 is 2.91 bits per heavy atom. The minimum Gasteiger partial charge on any atom is -0.375 e. The number of nitrogens with one attached hydrogen (secondary N) is 1. The largest absolute Gasteiger partial charge is 0.375 e. The molecule has 1 aliphatic carbocycles. The minimum atomic E-state index is -0.624. The van der Waals surface area contributed by atoms with Gasteiger partial charge >= 0.3 is 0 Å². The van der Waals surface area contributed by atoms with Crippen molar-refractivity contribution in [3.05, 3.63) is 52.6 Å². The molecule has 0 spiro atoms. The number of ether oxygens (including phenoxy) is 1. The van der Waals surface area contributed by atoms with Crippen molar-refractivity contribution in [2.75, 3.05) is 19.7 Å². The van der Waals surface area contributed by atoms with E-state index in [1.165, 1.54) is 11.3 Å². The van der Waals surface area contributed by atoms with Crippen LogP contribution in [-0.2, 0) is 16.1 Å². The molecule has 1 saturated heterocycles. The predicted octanol–water partition coefficient (Wildman–Crippen LogP) is 2.89. The fourth-order valence-electron chi connectivity index (χ4n) is 5.47. The number of rotatable bonds is 7. The standard InChI is InChI=1S/C25H28N4O4S/c1-15(20(26)30)9-29-10-18-16(5-3-6-17(18)23(29)32)22-28-19(11-34-22)21(31)27-13-25-8-4-7-24(2,12-25)33-14-25/h3,5-6,11H,1,4,7-10,12-14H2,2H3,(H2,26,30)(H,27,31). The summed E-state index contributed by atoms with van der Waals surface area (Å²) in [6.45, 7) is 7.51. The second-order valence-corrected chi connectivity index (χ2v) is 10.8. The molecule has 2 aromatic rings. The molecule has 3 aliphatic rings. The molecule has 5 rings (SSSR count). The lowest BCUT2D eigenvalue weighted by molar-refractivity contribution is -0.114. The molecule has 9 heteroatoms. The number of aromatic nitrogens is 1. The molecule has 3 N–H and O–H groups in total. The molecule has 8 nitrogen and oxygen atoms in total. The highest BCUT2D eigenvalue weighted by Crippen LogP contribution is 2.49. The monoisotopic (exact) mass is 480 g/mol. The molecule has 34 heavy (non-hydrogen) atoms. The van der Waals surface area contributed by atoms with Crippen molar-refractivity contribution >= 4 is 29.1 Å². The van der Waals surface area contributed by atoms with Crippen LogP contribution in [0.3, 0.4) is 0 Å². The van der Waals surface area contributed by atoms with Gasteiger partial charge < -0.3 is 20.7 Å². The van der Waals surface area contributed by atoms with Crippen molar-refractivity contribution in [2.45, 2.75) is 44.8 Å². The number of hydrogen-bond donors (Lipinski definition) is 2. The zero-order chi connectivity index (χ0) is 24.1. The summed E-state index contributed by atoms with van der Waals surface area (Å²) in [4.78, 5) is 43.2. The number of nitrogens with two attached hydrogens (primary N) is 1. The summed E-state index contributed by atoms with van der Waals surface area (Å²) in [7, 11) is 0. The number of carbonyl (C=O) groups is 3. The van der Waals surface area contributed by atoms with Gasteiger partial charge in [-0.25, -0.2) is 4.98 Å². The smallest absolute Gasteiger partial charge is 0.270 e. The Morgan fingerprint density at radius 1 is 1.32 bits per heavy atom. The van der Waals surface area contributed by atoms with E-state index in [0.29, 0.717) is 36.0 Å². The van der Waals surface area contributed by atoms with Gasteiger partial charge in [0.15, 0.2) is 0 Å². The minimum absolute atomic E-state index is 0.0144. The number of hydrogen-bond acceptors (Lipinski definition) is 6. The number of nitrogens with zero attached hydrogens (tertiary/aromatic N) is 2. The van der Waals surface area contributed by atoms with Gasteiger partial charge in [0, 0.05) is 40.6 Å². The van der Waals surface area contributed by atoms with Crippen LogP contribution in [0.1, 0.15) is 59.0 Å². The Labute approximate surface area is 202 Å². The number of primary amides is 1. The molecule has 2 fully saturated rings. The summed E-state index contributed by atoms with van der Waals surface area (Å²) >= 11 is 1.37. The molecule has 1 saturated carbocycles. The number of carbonyl (C=O) groups excluding carboxylic acids is 3. The van der Waals surface area contributed by atoms with Gasteiger partial charge in [-0.05, 0) is 44.2 Å². The van der Waals surface area contributed by atoms with Gasteiger partial charge in [-0.2, -0.15) is 0 Å². The molecule has 1 aromatic heterocycles. The summed E-state index contributed by atoms with van der Waals surface area (Å²) in [6, 6.07) is 5.46. The quantitative estimate of drug-likeness (QED) is 0.592. The lowest BCUT2D eigenvalue weighted by atomic mass is 9.71. The van der Waals surface area contributed by atoms with Gasteiger partial charge in [-0.1, -0.05) is 18.7 Å². The van der Waals surface area contributed by atoms with E-state index in [4.69, 9.17) is 10.5 Å². The van der Waals surface area contributed by atoms with E-state index in [9.17, 15) is 14.4 Å². The molecule has 3 heterocycles. The first-order valence-corrected chi connectivity index (χ1v) is 12.3. The highest BCUT2D eigenvalue weighted by atomic mass is 32.1. The Morgan fingerprint density at radius 2 is 2.12 bits per heavy atom. The van der Waals surface area contributed by atoms with E-state index in [-0.39, 0.29) is 34.9 Å². The van der Waals surface area contributed by atoms with E-state index in [0.717, 1.165) is 36.8 Å². The number of benzene rings is 1. The van der Waals surface area contributed by atoms with Crippen LogP contribution in [0.2, 0.25) is 0 Å². The molecular formula is C25H28N4O4S. The van der Waals surface area contributed by atoms with Crippen molar-refractivity contribution < 1.29 is 19.1 Å². The Hall–Kier alpha value is -3.04. The van der Waals surface area contributed by atoms with E-state index >= 15 is 0 Å². The summed E-state index contributed by atoms with van der Waals surface area (Å²) in [5.74, 6) is -0.994. The van der Waals surface area contributed by atoms with Crippen LogP contribution in [0.5, 0.6) is 0 Å². The van der Waals surface area contributed by atoms with Crippen LogP contribution in [-0.4, -0.2) is 52.9 Å². The maximum absolute atomic E-state index is 12.9. The average Bonchev–Trinajstić information content (AvgIpc) is 3.48. The number of fused-ring (bicyclic) bond motifs is 3. The molecule has 0 radical (unpaired) electrons. The van der Waals surface area contributed by atoms with Gasteiger partial charge in [0.2, 0.25) is 5.91 Å². The van der Waals surface area contributed by atoms with Gasteiger partial charge in [-0.15, -0.1) is 11.3 Å². The maximum atomic E-state index is 12.9. The lowest BCUT2D eigenvalue weighted by Crippen LogP contribution is -2.41. The normalized spacial score (nSPS) is 25.3. The molecule has 2 unspecified atom stereocenters. The highest BCUT2D eigenvalue weighted by molar-refractivity contribution is 7.13. The van der Waals surface area contributed by atoms with Gasteiger partial charge in [-0.3, -0.25) is 14.4 Å². The predicted molar refractivity (Wildman–Crippen MR) is 128 cm³/mol. The summed E-state index contributed by atoms with van der Waals surface area (Å²) < 4.78 is 6.04. The van der Waals surface area contributed by atoms with Crippen LogP contribution in [0, 0.1) is 5.41 Å². The van der Waals surface area contributed by atoms with Gasteiger partial charge in [0.25, 0.3) is 11.8 Å². The molecule has 178 valence electrons. The van der Waals surface area contributed by atoms with Crippen molar-refractivity contribution in [1.82, 2.24) is 15.2 Å². The van der Waals surface area contributed by atoms with Crippen LogP contribution in [0.25, 0.3) is 10.6 Å². The topological polar surface area (TPSA) is 115 Å². The maximum Gasteiger partial charge on any atom is 0.270 e.